The molecular weight excluding hydrogens is 206 g/mol. The number of carboxylic acids is 1. The minimum Gasteiger partial charge on any atom is -0.479 e. The van der Waals surface area contributed by atoms with Gasteiger partial charge in [-0.25, -0.2) is 4.79 Å². The lowest BCUT2D eigenvalue weighted by Gasteiger charge is -2.30. The largest absolute Gasteiger partial charge is 0.479 e. The van der Waals surface area contributed by atoms with Gasteiger partial charge >= 0.3 is 5.97 Å². The van der Waals surface area contributed by atoms with Gasteiger partial charge in [0.15, 0.2) is 6.10 Å². The van der Waals surface area contributed by atoms with E-state index >= 15 is 0 Å². The highest BCUT2D eigenvalue weighted by atomic mass is 16.5. The van der Waals surface area contributed by atoms with Gasteiger partial charge in [-0.3, -0.25) is 4.90 Å². The van der Waals surface area contributed by atoms with Crippen LogP contribution in [0.5, 0.6) is 0 Å². The maximum Gasteiger partial charge on any atom is 0.334 e. The lowest BCUT2D eigenvalue weighted by atomic mass is 10.1. The van der Waals surface area contributed by atoms with Gasteiger partial charge in [-0.05, 0) is 33.1 Å². The number of hydrogen-bond acceptors (Lipinski definition) is 3. The summed E-state index contributed by atoms with van der Waals surface area (Å²) in [7, 11) is 0. The predicted octanol–water partition coefficient (Wildman–Crippen LogP) is 1.74. The minimum atomic E-state index is -0.851. The minimum absolute atomic E-state index is 0.454. The van der Waals surface area contributed by atoms with E-state index in [1.54, 1.807) is 0 Å². The van der Waals surface area contributed by atoms with Crippen molar-refractivity contribution >= 4 is 5.97 Å². The van der Waals surface area contributed by atoms with Crippen LogP contribution < -0.4 is 0 Å². The van der Waals surface area contributed by atoms with E-state index < -0.39 is 12.1 Å². The summed E-state index contributed by atoms with van der Waals surface area (Å²) in [5.41, 5.74) is 0. The quantitative estimate of drug-likeness (QED) is 0.753. The average Bonchev–Trinajstić information content (AvgIpc) is 2.59. The summed E-state index contributed by atoms with van der Waals surface area (Å²) in [4.78, 5) is 13.3. The number of rotatable bonds is 6. The van der Waals surface area contributed by atoms with Crippen molar-refractivity contribution in [1.29, 1.82) is 0 Å². The van der Waals surface area contributed by atoms with Crippen LogP contribution in [-0.2, 0) is 9.53 Å². The van der Waals surface area contributed by atoms with Gasteiger partial charge in [-0.15, -0.1) is 0 Å². The molecule has 0 saturated carbocycles. The molecule has 1 aliphatic heterocycles. The number of carbonyl (C=O) groups is 1. The Morgan fingerprint density at radius 3 is 2.69 bits per heavy atom. The van der Waals surface area contributed by atoms with E-state index in [1.807, 2.05) is 6.92 Å². The molecule has 3 unspecified atom stereocenters. The van der Waals surface area contributed by atoms with Gasteiger partial charge in [0.1, 0.15) is 0 Å². The van der Waals surface area contributed by atoms with Gasteiger partial charge in [-0.1, -0.05) is 6.92 Å². The Morgan fingerprint density at radius 1 is 1.50 bits per heavy atom. The second-order valence-electron chi connectivity index (χ2n) is 4.47. The van der Waals surface area contributed by atoms with Crippen LogP contribution in [0.1, 0.15) is 40.0 Å². The SMILES string of the molecule is CCOC(CN1C(C)CCC1CC)C(=O)O. The van der Waals surface area contributed by atoms with E-state index in [0.29, 0.717) is 25.2 Å². The van der Waals surface area contributed by atoms with Gasteiger partial charge in [0.25, 0.3) is 0 Å². The van der Waals surface area contributed by atoms with Crippen molar-refractivity contribution in [2.24, 2.45) is 0 Å². The van der Waals surface area contributed by atoms with Gasteiger partial charge in [0.2, 0.25) is 0 Å². The predicted molar refractivity (Wildman–Crippen MR) is 62.5 cm³/mol. The average molecular weight is 229 g/mol. The molecular formula is C12H23NO3. The Hall–Kier alpha value is -0.610. The van der Waals surface area contributed by atoms with Gasteiger partial charge in [-0.2, -0.15) is 0 Å². The molecule has 0 aliphatic carbocycles. The number of likely N-dealkylation sites (tertiary alicyclic amines) is 1. The van der Waals surface area contributed by atoms with Crippen molar-refractivity contribution in [3.05, 3.63) is 0 Å². The van der Waals surface area contributed by atoms with E-state index in [1.165, 1.54) is 6.42 Å². The normalized spacial score (nSPS) is 28.2. The fraction of sp³-hybridized carbons (Fsp3) is 0.917. The maximum atomic E-state index is 11.0. The topological polar surface area (TPSA) is 49.8 Å². The fourth-order valence-corrected chi connectivity index (χ4v) is 2.49. The second-order valence-corrected chi connectivity index (χ2v) is 4.47. The number of hydrogen-bond donors (Lipinski definition) is 1. The van der Waals surface area contributed by atoms with E-state index in [-0.39, 0.29) is 0 Å². The number of carboxylic acid groups (broad SMARTS) is 1. The Kier molecular flexibility index (Phi) is 5.22. The van der Waals surface area contributed by atoms with Crippen LogP contribution in [-0.4, -0.2) is 47.3 Å². The van der Waals surface area contributed by atoms with Gasteiger partial charge < -0.3 is 9.84 Å². The molecule has 0 aromatic heterocycles. The number of aliphatic carboxylic acids is 1. The first-order chi connectivity index (χ1) is 7.60. The van der Waals surface area contributed by atoms with Crippen LogP contribution >= 0.6 is 0 Å². The molecule has 0 bridgehead atoms. The molecule has 1 saturated heterocycles. The molecule has 1 heterocycles. The third kappa shape index (κ3) is 3.19. The summed E-state index contributed by atoms with van der Waals surface area (Å²) >= 11 is 0. The summed E-state index contributed by atoms with van der Waals surface area (Å²) in [5.74, 6) is -0.851. The summed E-state index contributed by atoms with van der Waals surface area (Å²) in [6.07, 6.45) is 2.75. The summed E-state index contributed by atoms with van der Waals surface area (Å²) in [6, 6.07) is 1.00. The zero-order valence-corrected chi connectivity index (χ0v) is 10.5. The van der Waals surface area contributed by atoms with E-state index in [9.17, 15) is 4.79 Å². The Balaban J connectivity index is 2.57. The molecule has 0 aromatic carbocycles. The highest BCUT2D eigenvalue weighted by Gasteiger charge is 2.33. The summed E-state index contributed by atoms with van der Waals surface area (Å²) in [5, 5.41) is 9.06. The van der Waals surface area contributed by atoms with Crippen molar-refractivity contribution in [2.75, 3.05) is 13.2 Å². The van der Waals surface area contributed by atoms with Crippen LogP contribution in [0.2, 0.25) is 0 Å². The first-order valence-electron chi connectivity index (χ1n) is 6.20. The molecule has 0 aromatic rings. The molecule has 4 nitrogen and oxygen atoms in total. The van der Waals surface area contributed by atoms with Gasteiger partial charge in [0.05, 0.1) is 0 Å². The summed E-state index contributed by atoms with van der Waals surface area (Å²) in [6.45, 7) is 7.13. The molecule has 0 radical (unpaired) electrons. The fourth-order valence-electron chi connectivity index (χ4n) is 2.49. The van der Waals surface area contributed by atoms with Crippen LogP contribution in [0.3, 0.4) is 0 Å². The van der Waals surface area contributed by atoms with Crippen molar-refractivity contribution in [3.63, 3.8) is 0 Å². The maximum absolute atomic E-state index is 11.0. The molecule has 94 valence electrons. The highest BCUT2D eigenvalue weighted by molar-refractivity contribution is 5.72. The van der Waals surface area contributed by atoms with E-state index in [2.05, 4.69) is 18.7 Å². The van der Waals surface area contributed by atoms with Crippen molar-refractivity contribution in [1.82, 2.24) is 4.90 Å². The third-order valence-electron chi connectivity index (χ3n) is 3.44. The third-order valence-corrected chi connectivity index (χ3v) is 3.44. The monoisotopic (exact) mass is 229 g/mol. The van der Waals surface area contributed by atoms with E-state index in [0.717, 1.165) is 12.8 Å². The molecule has 4 heteroatoms. The Labute approximate surface area is 97.6 Å². The molecule has 16 heavy (non-hydrogen) atoms. The zero-order valence-electron chi connectivity index (χ0n) is 10.5. The standard InChI is InChI=1S/C12H23NO3/c1-4-10-7-6-9(3)13(10)8-11(12(14)15)16-5-2/h9-11H,4-8H2,1-3H3,(H,14,15). The van der Waals surface area contributed by atoms with Crippen LogP contribution in [0.25, 0.3) is 0 Å². The molecule has 0 spiro atoms. The molecule has 1 rings (SSSR count). The highest BCUT2D eigenvalue weighted by Crippen LogP contribution is 2.26. The first kappa shape index (κ1) is 13.5. The smallest absolute Gasteiger partial charge is 0.334 e. The molecule has 1 fully saturated rings. The molecule has 3 atom stereocenters. The zero-order chi connectivity index (χ0) is 12.1. The first-order valence-corrected chi connectivity index (χ1v) is 6.20. The second kappa shape index (κ2) is 6.21. The molecule has 0 amide bonds. The number of nitrogens with zero attached hydrogens (tertiary/aromatic N) is 1. The summed E-state index contributed by atoms with van der Waals surface area (Å²) < 4.78 is 5.27. The number of ether oxygens (including phenoxy) is 1. The van der Waals surface area contributed by atoms with Crippen LogP contribution in [0, 0.1) is 0 Å². The van der Waals surface area contributed by atoms with Crippen LogP contribution in [0.4, 0.5) is 0 Å². The van der Waals surface area contributed by atoms with Gasteiger partial charge in [0, 0.05) is 25.2 Å². The van der Waals surface area contributed by atoms with Crippen molar-refractivity contribution in [3.8, 4) is 0 Å². The molecule has 1 N–H and O–H groups in total. The Bertz CT molecular complexity index is 232. The van der Waals surface area contributed by atoms with E-state index in [4.69, 9.17) is 9.84 Å². The van der Waals surface area contributed by atoms with Crippen LogP contribution in [0.15, 0.2) is 0 Å². The van der Waals surface area contributed by atoms with Crippen molar-refractivity contribution < 1.29 is 14.6 Å². The lowest BCUT2D eigenvalue weighted by Crippen LogP contribution is -2.43. The molecule has 1 aliphatic rings. The van der Waals surface area contributed by atoms with Crippen molar-refractivity contribution in [2.45, 2.75) is 58.2 Å². The Morgan fingerprint density at radius 2 is 2.19 bits per heavy atom. The lowest BCUT2D eigenvalue weighted by molar-refractivity contribution is -0.151.